The first kappa shape index (κ1) is 17.0. The van der Waals surface area contributed by atoms with Crippen molar-refractivity contribution in [1.82, 2.24) is 19.5 Å². The molecule has 1 saturated heterocycles. The Balaban J connectivity index is 1.43. The summed E-state index contributed by atoms with van der Waals surface area (Å²) in [6.45, 7) is 4.11. The molecular weight excluding hydrogens is 326 g/mol. The zero-order chi connectivity index (χ0) is 17.8. The van der Waals surface area contributed by atoms with Gasteiger partial charge < -0.3 is 15.3 Å². The van der Waals surface area contributed by atoms with Crippen molar-refractivity contribution in [2.45, 2.75) is 12.8 Å². The molecule has 0 amide bonds. The van der Waals surface area contributed by atoms with Crippen molar-refractivity contribution in [2.24, 2.45) is 5.92 Å². The second-order valence-electron chi connectivity index (χ2n) is 6.89. The smallest absolute Gasteiger partial charge is 0.154 e. The molecule has 1 aromatic carbocycles. The van der Waals surface area contributed by atoms with Gasteiger partial charge >= 0.3 is 0 Å². The van der Waals surface area contributed by atoms with Crippen molar-refractivity contribution in [3.8, 4) is 11.3 Å². The summed E-state index contributed by atoms with van der Waals surface area (Å²) in [6, 6.07) is 14.2. The summed E-state index contributed by atoms with van der Waals surface area (Å²) < 4.78 is 1.90. The highest BCUT2D eigenvalue weighted by atomic mass is 16.3. The average molecular weight is 351 g/mol. The fourth-order valence-electron chi connectivity index (χ4n) is 3.58. The maximum atomic E-state index is 9.04. The Bertz CT molecular complexity index is 840. The second kappa shape index (κ2) is 7.85. The van der Waals surface area contributed by atoms with Crippen molar-refractivity contribution in [2.75, 3.05) is 38.1 Å². The molecule has 3 heterocycles. The summed E-state index contributed by atoms with van der Waals surface area (Å²) in [5, 5.41) is 17.3. The van der Waals surface area contributed by atoms with Crippen LogP contribution in [0.4, 0.5) is 5.82 Å². The molecule has 2 aromatic heterocycles. The number of fused-ring (bicyclic) bond motifs is 1. The Morgan fingerprint density at radius 1 is 1.08 bits per heavy atom. The van der Waals surface area contributed by atoms with Crippen LogP contribution >= 0.6 is 0 Å². The van der Waals surface area contributed by atoms with Crippen molar-refractivity contribution < 1.29 is 5.11 Å². The highest BCUT2D eigenvalue weighted by Crippen LogP contribution is 2.21. The summed E-state index contributed by atoms with van der Waals surface area (Å²) in [7, 11) is 0. The molecule has 0 atom stereocenters. The van der Waals surface area contributed by atoms with Crippen molar-refractivity contribution in [3.05, 3.63) is 48.7 Å². The third-order valence-corrected chi connectivity index (χ3v) is 5.13. The third kappa shape index (κ3) is 3.71. The number of piperidine rings is 1. The number of hydrogen-bond donors (Lipinski definition) is 2. The first-order chi connectivity index (χ1) is 12.8. The maximum Gasteiger partial charge on any atom is 0.154 e. The zero-order valence-corrected chi connectivity index (χ0v) is 14.9. The first-order valence-corrected chi connectivity index (χ1v) is 9.31. The molecule has 4 rings (SSSR count). The lowest BCUT2D eigenvalue weighted by Crippen LogP contribution is -2.37. The van der Waals surface area contributed by atoms with Crippen LogP contribution in [-0.4, -0.2) is 57.4 Å². The van der Waals surface area contributed by atoms with Crippen LogP contribution in [0, 0.1) is 5.92 Å². The summed E-state index contributed by atoms with van der Waals surface area (Å²) in [4.78, 5) is 6.79. The predicted molar refractivity (Wildman–Crippen MR) is 103 cm³/mol. The van der Waals surface area contributed by atoms with E-state index in [0.29, 0.717) is 5.92 Å². The molecule has 26 heavy (non-hydrogen) atoms. The number of imidazole rings is 1. The number of benzene rings is 1. The van der Waals surface area contributed by atoms with Crippen molar-refractivity contribution in [3.63, 3.8) is 0 Å². The number of rotatable bonds is 6. The standard InChI is InChI=1S/C20H25N5O/c26-13-12-24-10-8-16(9-11-24)14-21-19-6-7-20-22-15-18(25(20)23-19)17-4-2-1-3-5-17/h1-7,15-16,26H,8-14H2,(H,21,23). The fraction of sp³-hybridized carbons (Fsp3) is 0.400. The topological polar surface area (TPSA) is 65.7 Å². The minimum Gasteiger partial charge on any atom is -0.395 e. The Morgan fingerprint density at radius 2 is 1.88 bits per heavy atom. The summed E-state index contributed by atoms with van der Waals surface area (Å²) in [5.74, 6) is 1.53. The molecule has 0 unspecified atom stereocenters. The molecule has 1 fully saturated rings. The molecule has 6 heteroatoms. The molecule has 2 N–H and O–H groups in total. The fourth-order valence-corrected chi connectivity index (χ4v) is 3.58. The molecule has 6 nitrogen and oxygen atoms in total. The second-order valence-corrected chi connectivity index (χ2v) is 6.89. The number of hydrogen-bond acceptors (Lipinski definition) is 5. The molecule has 0 saturated carbocycles. The maximum absolute atomic E-state index is 9.04. The van der Waals surface area contributed by atoms with E-state index in [1.807, 2.05) is 41.0 Å². The number of aromatic nitrogens is 3. The van der Waals surface area contributed by atoms with E-state index in [2.05, 4.69) is 27.3 Å². The number of aliphatic hydroxyl groups is 1. The van der Waals surface area contributed by atoms with Crippen LogP contribution in [0.5, 0.6) is 0 Å². The lowest BCUT2D eigenvalue weighted by molar-refractivity contribution is 0.151. The normalized spacial score (nSPS) is 16.2. The van der Waals surface area contributed by atoms with Gasteiger partial charge in [-0.3, -0.25) is 0 Å². The molecule has 1 aliphatic rings. The quantitative estimate of drug-likeness (QED) is 0.714. The van der Waals surface area contributed by atoms with Gasteiger partial charge in [-0.05, 0) is 44.0 Å². The molecular formula is C20H25N5O. The van der Waals surface area contributed by atoms with Gasteiger partial charge in [-0.25, -0.2) is 9.50 Å². The minimum atomic E-state index is 0.251. The third-order valence-electron chi connectivity index (χ3n) is 5.13. The lowest BCUT2D eigenvalue weighted by atomic mass is 9.97. The number of aliphatic hydroxyl groups excluding tert-OH is 1. The first-order valence-electron chi connectivity index (χ1n) is 9.31. The van der Waals surface area contributed by atoms with Gasteiger partial charge in [0.05, 0.1) is 18.5 Å². The minimum absolute atomic E-state index is 0.251. The van der Waals surface area contributed by atoms with Crippen LogP contribution in [0.3, 0.4) is 0 Å². The van der Waals surface area contributed by atoms with Gasteiger partial charge in [0.2, 0.25) is 0 Å². The summed E-state index contributed by atoms with van der Waals surface area (Å²) >= 11 is 0. The van der Waals surface area contributed by atoms with Crippen LogP contribution in [0.25, 0.3) is 16.9 Å². The summed E-state index contributed by atoms with van der Waals surface area (Å²) in [6.07, 6.45) is 4.20. The number of β-amino-alcohol motifs (C(OH)–C–C–N with tert-alkyl or cyclic N) is 1. The van der Waals surface area contributed by atoms with Gasteiger partial charge in [0.25, 0.3) is 0 Å². The Hall–Kier alpha value is -2.44. The van der Waals surface area contributed by atoms with Crippen LogP contribution < -0.4 is 5.32 Å². The highest BCUT2D eigenvalue weighted by molar-refractivity contribution is 5.63. The number of nitrogens with zero attached hydrogens (tertiary/aromatic N) is 4. The van der Waals surface area contributed by atoms with Gasteiger partial charge in [-0.2, -0.15) is 0 Å². The molecule has 1 aliphatic heterocycles. The molecule has 0 radical (unpaired) electrons. The SMILES string of the molecule is OCCN1CCC(CNc2ccc3ncc(-c4ccccc4)n3n2)CC1. The molecule has 0 bridgehead atoms. The van der Waals surface area contributed by atoms with Gasteiger partial charge in [-0.1, -0.05) is 30.3 Å². The Labute approximate surface area is 153 Å². The number of nitrogens with one attached hydrogen (secondary N) is 1. The zero-order valence-electron chi connectivity index (χ0n) is 14.9. The largest absolute Gasteiger partial charge is 0.395 e. The van der Waals surface area contributed by atoms with Gasteiger partial charge in [-0.15, -0.1) is 5.10 Å². The Kier molecular flexibility index (Phi) is 5.13. The monoisotopic (exact) mass is 351 g/mol. The van der Waals surface area contributed by atoms with Crippen LogP contribution in [0.2, 0.25) is 0 Å². The van der Waals surface area contributed by atoms with E-state index >= 15 is 0 Å². The average Bonchev–Trinajstić information content (AvgIpc) is 3.12. The van der Waals surface area contributed by atoms with E-state index in [1.54, 1.807) is 0 Å². The van der Waals surface area contributed by atoms with Crippen LogP contribution in [0.15, 0.2) is 48.7 Å². The molecule has 0 aliphatic carbocycles. The van der Waals surface area contributed by atoms with Crippen LogP contribution in [-0.2, 0) is 0 Å². The van der Waals surface area contributed by atoms with Crippen molar-refractivity contribution >= 4 is 11.5 Å². The van der Waals surface area contributed by atoms with E-state index < -0.39 is 0 Å². The van der Waals surface area contributed by atoms with Gasteiger partial charge in [0.15, 0.2) is 5.65 Å². The number of anilines is 1. The van der Waals surface area contributed by atoms with Crippen molar-refractivity contribution in [1.29, 1.82) is 0 Å². The predicted octanol–water partition coefficient (Wildman–Crippen LogP) is 2.51. The van der Waals surface area contributed by atoms with E-state index in [-0.39, 0.29) is 6.61 Å². The molecule has 136 valence electrons. The van der Waals surface area contributed by atoms with E-state index in [4.69, 9.17) is 10.2 Å². The van der Waals surface area contributed by atoms with E-state index in [0.717, 1.165) is 61.7 Å². The van der Waals surface area contributed by atoms with E-state index in [1.165, 1.54) is 0 Å². The van der Waals surface area contributed by atoms with Crippen LogP contribution in [0.1, 0.15) is 12.8 Å². The highest BCUT2D eigenvalue weighted by Gasteiger charge is 2.18. The lowest BCUT2D eigenvalue weighted by Gasteiger charge is -2.31. The molecule has 3 aromatic rings. The summed E-state index contributed by atoms with van der Waals surface area (Å²) in [5.41, 5.74) is 2.97. The Morgan fingerprint density at radius 3 is 2.65 bits per heavy atom. The number of likely N-dealkylation sites (tertiary alicyclic amines) is 1. The van der Waals surface area contributed by atoms with Gasteiger partial charge in [0.1, 0.15) is 5.82 Å². The van der Waals surface area contributed by atoms with Gasteiger partial charge in [0, 0.05) is 18.7 Å². The molecule has 0 spiro atoms. The van der Waals surface area contributed by atoms with E-state index in [9.17, 15) is 0 Å².